The van der Waals surface area contributed by atoms with Crippen LogP contribution < -0.4 is 0 Å². The van der Waals surface area contributed by atoms with Crippen molar-refractivity contribution in [1.82, 2.24) is 14.9 Å². The van der Waals surface area contributed by atoms with Gasteiger partial charge in [-0.25, -0.2) is 9.97 Å². The number of hydrogen-bond donors (Lipinski definition) is 0. The first-order valence-electron chi connectivity index (χ1n) is 9.18. The first-order chi connectivity index (χ1) is 12.5. The molecule has 26 heavy (non-hydrogen) atoms. The van der Waals surface area contributed by atoms with Gasteiger partial charge in [0.25, 0.3) is 5.91 Å². The number of carbonyl (C=O) groups excluding carboxylic acids is 2. The fraction of sp³-hybridized carbons (Fsp3) is 0.579. The van der Waals surface area contributed by atoms with Crippen LogP contribution >= 0.6 is 11.3 Å². The van der Waals surface area contributed by atoms with E-state index in [1.54, 1.807) is 11.8 Å². The first kappa shape index (κ1) is 18.8. The summed E-state index contributed by atoms with van der Waals surface area (Å²) in [7, 11) is 0. The van der Waals surface area contributed by atoms with Gasteiger partial charge in [-0.3, -0.25) is 9.59 Å². The van der Waals surface area contributed by atoms with E-state index in [4.69, 9.17) is 4.74 Å². The molecular formula is C19H25N3O3S. The number of thiophene rings is 1. The fourth-order valence-corrected chi connectivity index (χ4v) is 4.73. The van der Waals surface area contributed by atoms with Crippen LogP contribution in [-0.2, 0) is 16.0 Å². The predicted molar refractivity (Wildman–Crippen MR) is 102 cm³/mol. The number of rotatable bonds is 4. The molecule has 3 heterocycles. The van der Waals surface area contributed by atoms with Crippen LogP contribution in [0.2, 0.25) is 0 Å². The molecule has 0 bridgehead atoms. The molecule has 0 saturated carbocycles. The van der Waals surface area contributed by atoms with E-state index in [0.29, 0.717) is 24.6 Å². The van der Waals surface area contributed by atoms with Crippen LogP contribution in [-0.4, -0.2) is 46.4 Å². The highest BCUT2D eigenvalue weighted by Gasteiger charge is 2.31. The van der Waals surface area contributed by atoms with Gasteiger partial charge in [-0.05, 0) is 39.2 Å². The lowest BCUT2D eigenvalue weighted by Gasteiger charge is -2.31. The largest absolute Gasteiger partial charge is 0.466 e. The van der Waals surface area contributed by atoms with E-state index in [1.807, 2.05) is 20.8 Å². The summed E-state index contributed by atoms with van der Waals surface area (Å²) >= 11 is 1.43. The Morgan fingerprint density at radius 3 is 2.73 bits per heavy atom. The second kappa shape index (κ2) is 7.70. The Labute approximate surface area is 157 Å². The highest BCUT2D eigenvalue weighted by Crippen LogP contribution is 2.33. The van der Waals surface area contributed by atoms with Gasteiger partial charge >= 0.3 is 5.97 Å². The zero-order valence-corrected chi connectivity index (χ0v) is 16.6. The zero-order chi connectivity index (χ0) is 18.8. The minimum Gasteiger partial charge on any atom is -0.466 e. The number of aryl methyl sites for hydroxylation is 3. The molecule has 140 valence electrons. The second-order valence-electron chi connectivity index (χ2n) is 6.66. The molecule has 0 aromatic carbocycles. The minimum atomic E-state index is -0.226. The number of carbonyl (C=O) groups is 2. The van der Waals surface area contributed by atoms with Crippen LogP contribution in [0.5, 0.6) is 0 Å². The third kappa shape index (κ3) is 3.45. The molecule has 0 radical (unpaired) electrons. The third-order valence-corrected chi connectivity index (χ3v) is 6.03. The van der Waals surface area contributed by atoms with Crippen LogP contribution in [0.25, 0.3) is 10.2 Å². The van der Waals surface area contributed by atoms with E-state index in [1.165, 1.54) is 11.3 Å². The van der Waals surface area contributed by atoms with Crippen LogP contribution in [0.15, 0.2) is 0 Å². The van der Waals surface area contributed by atoms with Crippen molar-refractivity contribution in [3.05, 3.63) is 22.0 Å². The van der Waals surface area contributed by atoms with E-state index in [2.05, 4.69) is 9.97 Å². The van der Waals surface area contributed by atoms with E-state index in [9.17, 15) is 9.59 Å². The number of nitrogens with zero attached hydrogens (tertiary/aromatic N) is 3. The Bertz CT molecular complexity index is 846. The number of piperidine rings is 1. The maximum absolute atomic E-state index is 13.1. The van der Waals surface area contributed by atoms with Crippen molar-refractivity contribution < 1.29 is 14.3 Å². The Balaban J connectivity index is 1.89. The topological polar surface area (TPSA) is 72.4 Å². The predicted octanol–water partition coefficient (Wildman–Crippen LogP) is 3.29. The van der Waals surface area contributed by atoms with Crippen LogP contribution in [0.3, 0.4) is 0 Å². The lowest BCUT2D eigenvalue weighted by Crippen LogP contribution is -2.42. The summed E-state index contributed by atoms with van der Waals surface area (Å²) in [5.41, 5.74) is 1.86. The van der Waals surface area contributed by atoms with Gasteiger partial charge in [-0.1, -0.05) is 6.92 Å². The molecule has 1 atom stereocenters. The highest BCUT2D eigenvalue weighted by molar-refractivity contribution is 7.20. The summed E-state index contributed by atoms with van der Waals surface area (Å²) in [6.07, 6.45) is 2.36. The summed E-state index contributed by atoms with van der Waals surface area (Å²) in [4.78, 5) is 37.7. The van der Waals surface area contributed by atoms with E-state index in [0.717, 1.165) is 46.6 Å². The van der Waals surface area contributed by atoms with Gasteiger partial charge < -0.3 is 9.64 Å². The smallest absolute Gasteiger partial charge is 0.310 e. The normalized spacial score (nSPS) is 17.5. The second-order valence-corrected chi connectivity index (χ2v) is 7.66. The monoisotopic (exact) mass is 375 g/mol. The summed E-state index contributed by atoms with van der Waals surface area (Å²) in [6.45, 7) is 9.23. The molecule has 0 unspecified atom stereocenters. The SMILES string of the molecule is CCOC(=O)[C@H]1CCCN(C(=O)c2sc3nc(CC)nc(C)c3c2C)C1. The Morgan fingerprint density at radius 2 is 2.04 bits per heavy atom. The fourth-order valence-electron chi connectivity index (χ4n) is 3.51. The number of esters is 1. The van der Waals surface area contributed by atoms with Crippen LogP contribution in [0.4, 0.5) is 0 Å². The number of hydrogen-bond acceptors (Lipinski definition) is 6. The Kier molecular flexibility index (Phi) is 5.55. The molecule has 7 heteroatoms. The maximum atomic E-state index is 13.1. The summed E-state index contributed by atoms with van der Waals surface area (Å²) in [5, 5.41) is 0.981. The van der Waals surface area contributed by atoms with Gasteiger partial charge in [0.05, 0.1) is 17.4 Å². The van der Waals surface area contributed by atoms with Crippen molar-refractivity contribution in [3.8, 4) is 0 Å². The summed E-state index contributed by atoms with van der Waals surface area (Å²) < 4.78 is 5.14. The molecule has 6 nitrogen and oxygen atoms in total. The highest BCUT2D eigenvalue weighted by atomic mass is 32.1. The number of likely N-dealkylation sites (tertiary alicyclic amines) is 1. The third-order valence-electron chi connectivity index (χ3n) is 4.86. The molecule has 2 aromatic heterocycles. The van der Waals surface area contributed by atoms with Gasteiger partial charge in [0, 0.05) is 30.6 Å². The van der Waals surface area contributed by atoms with E-state index < -0.39 is 0 Å². The van der Waals surface area contributed by atoms with Crippen molar-refractivity contribution in [1.29, 1.82) is 0 Å². The molecule has 0 aliphatic carbocycles. The molecule has 1 amide bonds. The Morgan fingerprint density at radius 1 is 1.27 bits per heavy atom. The van der Waals surface area contributed by atoms with Gasteiger partial charge in [0.1, 0.15) is 10.7 Å². The summed E-state index contributed by atoms with van der Waals surface area (Å²) in [5.74, 6) is 0.357. The van der Waals surface area contributed by atoms with Crippen molar-refractivity contribution in [2.75, 3.05) is 19.7 Å². The zero-order valence-electron chi connectivity index (χ0n) is 15.8. The van der Waals surface area contributed by atoms with E-state index in [-0.39, 0.29) is 17.8 Å². The number of amides is 1. The van der Waals surface area contributed by atoms with Gasteiger partial charge in [-0.15, -0.1) is 11.3 Å². The molecule has 1 aliphatic rings. The average Bonchev–Trinajstić information content (AvgIpc) is 2.98. The van der Waals surface area contributed by atoms with Crippen molar-refractivity contribution >= 4 is 33.4 Å². The first-order valence-corrected chi connectivity index (χ1v) is 10.00. The maximum Gasteiger partial charge on any atom is 0.310 e. The average molecular weight is 375 g/mol. The standard InChI is InChI=1S/C19H25N3O3S/c1-5-14-20-12(4)15-11(3)16(26-17(15)21-14)18(23)22-9-7-8-13(10-22)19(24)25-6-2/h13H,5-10H2,1-4H3/t13-/m0/s1. The van der Waals surface area contributed by atoms with Gasteiger partial charge in [0.2, 0.25) is 0 Å². The quantitative estimate of drug-likeness (QED) is 0.767. The van der Waals surface area contributed by atoms with Crippen molar-refractivity contribution in [2.45, 2.75) is 47.0 Å². The number of aromatic nitrogens is 2. The lowest BCUT2D eigenvalue weighted by molar-refractivity contribution is -0.149. The van der Waals surface area contributed by atoms with Crippen molar-refractivity contribution in [2.24, 2.45) is 5.92 Å². The molecule has 1 saturated heterocycles. The van der Waals surface area contributed by atoms with Gasteiger partial charge in [0.15, 0.2) is 0 Å². The molecule has 0 N–H and O–H groups in total. The number of fused-ring (bicyclic) bond motifs is 1. The number of ether oxygens (including phenoxy) is 1. The molecule has 1 fully saturated rings. The Hall–Kier alpha value is -2.02. The molecule has 3 rings (SSSR count). The lowest BCUT2D eigenvalue weighted by atomic mass is 9.98. The molecule has 2 aromatic rings. The minimum absolute atomic E-state index is 0.0167. The molecular weight excluding hydrogens is 350 g/mol. The van der Waals surface area contributed by atoms with Crippen LogP contribution in [0.1, 0.15) is 53.4 Å². The van der Waals surface area contributed by atoms with Crippen molar-refractivity contribution in [3.63, 3.8) is 0 Å². The van der Waals surface area contributed by atoms with E-state index >= 15 is 0 Å². The summed E-state index contributed by atoms with van der Waals surface area (Å²) in [6, 6.07) is 0. The van der Waals surface area contributed by atoms with Gasteiger partial charge in [-0.2, -0.15) is 0 Å². The molecule has 1 aliphatic heterocycles. The van der Waals surface area contributed by atoms with Crippen LogP contribution in [0, 0.1) is 19.8 Å². The molecule has 0 spiro atoms.